The molecule has 39 heavy (non-hydrogen) atoms. The lowest BCUT2D eigenvalue weighted by molar-refractivity contribution is -0.137. The first-order valence-electron chi connectivity index (χ1n) is 12.6. The van der Waals surface area contributed by atoms with Gasteiger partial charge in [0.1, 0.15) is 5.82 Å². The molecule has 0 radical (unpaired) electrons. The van der Waals surface area contributed by atoms with Crippen molar-refractivity contribution in [2.45, 2.75) is 19.3 Å². The van der Waals surface area contributed by atoms with Crippen molar-refractivity contribution in [3.63, 3.8) is 0 Å². The van der Waals surface area contributed by atoms with Gasteiger partial charge in [0, 0.05) is 43.4 Å². The molecular formula is C30H31FN4O4. The largest absolute Gasteiger partial charge is 0.481 e. The summed E-state index contributed by atoms with van der Waals surface area (Å²) in [5.41, 5.74) is 4.68. The third-order valence-corrected chi connectivity index (χ3v) is 6.49. The highest BCUT2D eigenvalue weighted by Gasteiger charge is 2.29. The van der Waals surface area contributed by atoms with E-state index in [1.54, 1.807) is 18.0 Å². The van der Waals surface area contributed by atoms with E-state index in [1.165, 1.54) is 12.1 Å². The summed E-state index contributed by atoms with van der Waals surface area (Å²) < 4.78 is 13.9. The van der Waals surface area contributed by atoms with Crippen molar-refractivity contribution >= 4 is 46.1 Å². The number of hydrogen-bond acceptors (Lipinski definition) is 5. The van der Waals surface area contributed by atoms with E-state index in [4.69, 9.17) is 5.11 Å². The van der Waals surface area contributed by atoms with Crippen LogP contribution in [-0.4, -0.2) is 55.5 Å². The second kappa shape index (κ2) is 11.9. The smallest absolute Gasteiger partial charge is 0.303 e. The van der Waals surface area contributed by atoms with Crippen molar-refractivity contribution in [2.24, 2.45) is 0 Å². The molecule has 0 saturated carbocycles. The van der Waals surface area contributed by atoms with Crippen molar-refractivity contribution in [1.82, 2.24) is 4.90 Å². The van der Waals surface area contributed by atoms with Crippen LogP contribution in [0.1, 0.15) is 29.5 Å². The number of carboxylic acid groups (broad SMARTS) is 1. The van der Waals surface area contributed by atoms with Gasteiger partial charge in [0.15, 0.2) is 0 Å². The van der Waals surface area contributed by atoms with Crippen molar-refractivity contribution in [1.29, 1.82) is 0 Å². The highest BCUT2D eigenvalue weighted by molar-refractivity contribution is 6.37. The predicted octanol–water partition coefficient (Wildman–Crippen LogP) is 4.69. The van der Waals surface area contributed by atoms with E-state index in [9.17, 15) is 18.8 Å². The second-order valence-electron chi connectivity index (χ2n) is 9.67. The van der Waals surface area contributed by atoms with E-state index in [0.717, 1.165) is 11.3 Å². The van der Waals surface area contributed by atoms with Crippen LogP contribution in [0, 0.1) is 5.82 Å². The lowest BCUT2D eigenvalue weighted by atomic mass is 9.97. The quantitative estimate of drug-likeness (QED) is 0.329. The van der Waals surface area contributed by atoms with Gasteiger partial charge in [-0.05, 0) is 80.2 Å². The number of anilines is 3. The molecule has 2 amide bonds. The van der Waals surface area contributed by atoms with E-state index < -0.39 is 11.8 Å². The number of fused-ring (bicyclic) bond motifs is 1. The molecule has 1 aliphatic heterocycles. The summed E-state index contributed by atoms with van der Waals surface area (Å²) >= 11 is 0. The zero-order valence-electron chi connectivity index (χ0n) is 22.1. The van der Waals surface area contributed by atoms with Gasteiger partial charge < -0.3 is 25.5 Å². The summed E-state index contributed by atoms with van der Waals surface area (Å²) in [5.74, 6) is -1.73. The summed E-state index contributed by atoms with van der Waals surface area (Å²) in [6, 6.07) is 18.7. The third-order valence-electron chi connectivity index (χ3n) is 6.49. The van der Waals surface area contributed by atoms with Crippen LogP contribution in [0.25, 0.3) is 11.3 Å². The third kappa shape index (κ3) is 6.69. The summed E-state index contributed by atoms with van der Waals surface area (Å²) in [5, 5.41) is 15.2. The molecule has 3 aromatic rings. The van der Waals surface area contributed by atoms with Gasteiger partial charge in [-0.1, -0.05) is 18.2 Å². The van der Waals surface area contributed by atoms with E-state index in [2.05, 4.69) is 10.6 Å². The molecule has 0 unspecified atom stereocenters. The Morgan fingerprint density at radius 3 is 2.41 bits per heavy atom. The molecule has 0 fully saturated rings. The lowest BCUT2D eigenvalue weighted by Crippen LogP contribution is -2.29. The van der Waals surface area contributed by atoms with E-state index in [1.807, 2.05) is 67.5 Å². The summed E-state index contributed by atoms with van der Waals surface area (Å²) in [6.45, 7) is 0.651. The standard InChI is InChI=1S/C30H31FN4O4/c1-34(2)16-15-26(36)35(3)23-11-9-22(10-12-23)32-29(20-6-4-5-19(17-20)7-14-27(37)38)28-24-13-8-21(31)18-25(24)33-30(28)39/h4-6,8-13,17-18,32H,7,14-16H2,1-3H3,(H,33,39)(H,37,38). The molecule has 4 rings (SSSR count). The number of amides is 2. The van der Waals surface area contributed by atoms with Gasteiger partial charge >= 0.3 is 5.97 Å². The molecule has 0 bridgehead atoms. The van der Waals surface area contributed by atoms with Gasteiger partial charge in [-0.3, -0.25) is 14.4 Å². The minimum Gasteiger partial charge on any atom is -0.481 e. The fraction of sp³-hybridized carbons (Fsp3) is 0.233. The van der Waals surface area contributed by atoms with Crippen LogP contribution in [-0.2, 0) is 20.8 Å². The molecule has 1 aliphatic rings. The van der Waals surface area contributed by atoms with Gasteiger partial charge in [0.05, 0.1) is 17.0 Å². The van der Waals surface area contributed by atoms with Crippen LogP contribution >= 0.6 is 0 Å². The molecule has 8 nitrogen and oxygen atoms in total. The Morgan fingerprint density at radius 1 is 0.974 bits per heavy atom. The number of hydrogen-bond donors (Lipinski definition) is 3. The molecule has 0 atom stereocenters. The fourth-order valence-electron chi connectivity index (χ4n) is 4.35. The monoisotopic (exact) mass is 530 g/mol. The number of rotatable bonds is 10. The van der Waals surface area contributed by atoms with Crippen molar-refractivity contribution in [3.05, 3.63) is 89.2 Å². The zero-order chi connectivity index (χ0) is 28.1. The van der Waals surface area contributed by atoms with E-state index in [0.29, 0.717) is 53.2 Å². The molecule has 0 aliphatic carbocycles. The van der Waals surface area contributed by atoms with Crippen LogP contribution in [0.5, 0.6) is 0 Å². The molecular weight excluding hydrogens is 499 g/mol. The maximum Gasteiger partial charge on any atom is 0.303 e. The number of carboxylic acids is 1. The lowest BCUT2D eigenvalue weighted by Gasteiger charge is -2.20. The first-order valence-corrected chi connectivity index (χ1v) is 12.6. The van der Waals surface area contributed by atoms with Crippen LogP contribution in [0.4, 0.5) is 21.5 Å². The Kier molecular flexibility index (Phi) is 8.41. The van der Waals surface area contributed by atoms with E-state index >= 15 is 0 Å². The Labute approximate surface area is 226 Å². The summed E-state index contributed by atoms with van der Waals surface area (Å²) in [4.78, 5) is 40.3. The number of aliphatic carboxylic acids is 1. The van der Waals surface area contributed by atoms with Crippen LogP contribution in [0.15, 0.2) is 66.7 Å². The normalized spacial score (nSPS) is 13.6. The first-order chi connectivity index (χ1) is 18.6. The zero-order valence-corrected chi connectivity index (χ0v) is 22.1. The fourth-order valence-corrected chi connectivity index (χ4v) is 4.35. The topological polar surface area (TPSA) is 102 Å². The number of nitrogens with zero attached hydrogens (tertiary/aromatic N) is 2. The van der Waals surface area contributed by atoms with Crippen molar-refractivity contribution in [3.8, 4) is 0 Å². The minimum atomic E-state index is -0.895. The Bertz CT molecular complexity index is 1430. The average Bonchev–Trinajstić information content (AvgIpc) is 3.23. The molecule has 202 valence electrons. The SMILES string of the molecule is CN(C)CCC(=O)N(C)c1ccc(NC(=C2C(=O)Nc3cc(F)ccc32)c2cccc(CCC(=O)O)c2)cc1. The number of benzene rings is 3. The number of carbonyl (C=O) groups is 3. The number of nitrogens with one attached hydrogen (secondary N) is 2. The average molecular weight is 531 g/mol. The van der Waals surface area contributed by atoms with Gasteiger partial charge in [-0.25, -0.2) is 4.39 Å². The molecule has 0 aromatic heterocycles. The van der Waals surface area contributed by atoms with Crippen molar-refractivity contribution in [2.75, 3.05) is 43.2 Å². The second-order valence-corrected chi connectivity index (χ2v) is 9.67. The molecule has 3 aromatic carbocycles. The molecule has 3 N–H and O–H groups in total. The Hall–Kier alpha value is -4.50. The molecule has 0 spiro atoms. The molecule has 9 heteroatoms. The number of halogens is 1. The number of aryl methyl sites for hydroxylation is 1. The highest BCUT2D eigenvalue weighted by Crippen LogP contribution is 2.38. The molecule has 0 saturated heterocycles. The summed E-state index contributed by atoms with van der Waals surface area (Å²) in [7, 11) is 5.57. The Balaban J connectivity index is 1.70. The van der Waals surface area contributed by atoms with Crippen LogP contribution < -0.4 is 15.5 Å². The first kappa shape index (κ1) is 27.5. The predicted molar refractivity (Wildman–Crippen MR) is 151 cm³/mol. The van der Waals surface area contributed by atoms with Crippen LogP contribution in [0.2, 0.25) is 0 Å². The summed E-state index contributed by atoms with van der Waals surface area (Å²) in [6.07, 6.45) is 0.712. The van der Waals surface area contributed by atoms with Gasteiger partial charge in [0.25, 0.3) is 5.91 Å². The molecule has 1 heterocycles. The maximum absolute atomic E-state index is 13.9. The van der Waals surface area contributed by atoms with E-state index in [-0.39, 0.29) is 18.2 Å². The van der Waals surface area contributed by atoms with Crippen LogP contribution in [0.3, 0.4) is 0 Å². The maximum atomic E-state index is 13.9. The van der Waals surface area contributed by atoms with Gasteiger partial charge in [-0.15, -0.1) is 0 Å². The Morgan fingerprint density at radius 2 is 1.72 bits per heavy atom. The van der Waals surface area contributed by atoms with Crippen molar-refractivity contribution < 1.29 is 23.9 Å². The number of carbonyl (C=O) groups excluding carboxylic acids is 2. The highest BCUT2D eigenvalue weighted by atomic mass is 19.1. The minimum absolute atomic E-state index is 0.00291. The van der Waals surface area contributed by atoms with Gasteiger partial charge in [-0.2, -0.15) is 0 Å². The van der Waals surface area contributed by atoms with Gasteiger partial charge in [0.2, 0.25) is 5.91 Å².